The van der Waals surface area contributed by atoms with Crippen molar-refractivity contribution in [2.75, 3.05) is 0 Å². The van der Waals surface area contributed by atoms with E-state index in [9.17, 15) is 31.6 Å². The number of rotatable bonds is 4. The molecular weight excluding hydrogens is 487 g/mol. The van der Waals surface area contributed by atoms with Gasteiger partial charge in [0.25, 0.3) is 0 Å². The van der Waals surface area contributed by atoms with E-state index in [0.29, 0.717) is 16.1 Å². The Bertz CT molecular complexity index is 1390. The molecule has 0 fully saturated rings. The molecule has 0 aliphatic heterocycles. The van der Waals surface area contributed by atoms with Crippen LogP contribution in [0.3, 0.4) is 0 Å². The van der Waals surface area contributed by atoms with E-state index >= 15 is 0 Å². The summed E-state index contributed by atoms with van der Waals surface area (Å²) in [7, 11) is -9.67. The minimum absolute atomic E-state index is 0.283. The molecule has 0 atom stereocenters. The van der Waals surface area contributed by atoms with E-state index in [4.69, 9.17) is 4.55 Å². The fraction of sp³-hybridized carbons (Fsp3) is 0. The number of hydrogen-bond acceptors (Lipinski definition) is 8. The van der Waals surface area contributed by atoms with Crippen LogP contribution in [0.25, 0.3) is 10.8 Å². The van der Waals surface area contributed by atoms with Crippen molar-refractivity contribution in [2.24, 2.45) is 10.2 Å². The maximum atomic E-state index is 11.8. The Balaban J connectivity index is 2.36. The molecule has 0 spiro atoms. The van der Waals surface area contributed by atoms with Crippen LogP contribution >= 0.6 is 0 Å². The van der Waals surface area contributed by atoms with E-state index in [2.05, 4.69) is 27.1 Å². The zero-order valence-electron chi connectivity index (χ0n) is 14.1. The van der Waals surface area contributed by atoms with Crippen molar-refractivity contribution in [1.29, 1.82) is 0 Å². The molecule has 2 radical (unpaired) electrons. The molecule has 4 N–H and O–H groups in total. The normalized spacial score (nSPS) is 12.7. The Morgan fingerprint density at radius 3 is 2.10 bits per heavy atom. The predicted molar refractivity (Wildman–Crippen MR) is 103 cm³/mol. The minimum atomic E-state index is -4.93. The number of nitrogens with zero attached hydrogens (tertiary/aromatic N) is 2. The summed E-state index contributed by atoms with van der Waals surface area (Å²) in [6, 6.07) is 8.93. The maximum absolute atomic E-state index is 11.8. The molecule has 150 valence electrons. The quantitative estimate of drug-likeness (QED) is 0.240. The van der Waals surface area contributed by atoms with Crippen LogP contribution in [0.2, 0.25) is 0 Å². The van der Waals surface area contributed by atoms with Crippen LogP contribution in [0.15, 0.2) is 62.5 Å². The first-order valence-electron chi connectivity index (χ1n) is 7.57. The van der Waals surface area contributed by atoms with E-state index in [0.717, 1.165) is 12.1 Å². The van der Waals surface area contributed by atoms with E-state index in [1.54, 1.807) is 24.3 Å². The molecule has 29 heavy (non-hydrogen) atoms. The molecule has 0 heterocycles. The van der Waals surface area contributed by atoms with Gasteiger partial charge in [0.1, 0.15) is 0 Å². The van der Waals surface area contributed by atoms with Crippen molar-refractivity contribution in [2.45, 2.75) is 9.79 Å². The molecule has 3 aromatic rings. The predicted octanol–water partition coefficient (Wildman–Crippen LogP) is 1.95. The van der Waals surface area contributed by atoms with Crippen molar-refractivity contribution in [3.05, 3.63) is 42.5 Å². The number of hydrogen-bond donors (Lipinski definition) is 4. The summed E-state index contributed by atoms with van der Waals surface area (Å²) in [6.07, 6.45) is 0. The van der Waals surface area contributed by atoms with Gasteiger partial charge in [-0.2, -0.15) is 0 Å². The van der Waals surface area contributed by atoms with E-state index in [-0.39, 0.29) is 10.8 Å². The zero-order chi connectivity index (χ0) is 21.6. The number of azo groups is 1. The Morgan fingerprint density at radius 2 is 1.52 bits per heavy atom. The van der Waals surface area contributed by atoms with Gasteiger partial charge in [0, 0.05) is 0 Å². The third-order valence-electron chi connectivity index (χ3n) is 3.82. The second kappa shape index (κ2) is 7.39. The van der Waals surface area contributed by atoms with Crippen LogP contribution in [0.5, 0.6) is 11.5 Å². The number of aromatic hydroxyl groups is 2. The average Bonchev–Trinajstić information content (AvgIpc) is 2.60. The fourth-order valence-corrected chi connectivity index (χ4v) is 4.16. The van der Waals surface area contributed by atoms with Crippen molar-refractivity contribution in [3.63, 3.8) is 0 Å². The fourth-order valence-electron chi connectivity index (χ4n) is 2.53. The summed E-state index contributed by atoms with van der Waals surface area (Å²) >= 11 is 2.22. The summed E-state index contributed by atoms with van der Waals surface area (Å²) < 4.78 is 65.6. The Morgan fingerprint density at radius 1 is 0.862 bits per heavy atom. The van der Waals surface area contributed by atoms with Gasteiger partial charge in [-0.25, -0.2) is 0 Å². The summed E-state index contributed by atoms with van der Waals surface area (Å²) in [4.78, 5) is -1.61. The van der Waals surface area contributed by atoms with Crippen LogP contribution in [0.4, 0.5) is 11.4 Å². The molecule has 10 nitrogen and oxygen atoms in total. The van der Waals surface area contributed by atoms with Gasteiger partial charge in [-0.05, 0) is 0 Å². The number of benzene rings is 3. The molecule has 13 heteroatoms. The Kier molecular flexibility index (Phi) is 5.41. The van der Waals surface area contributed by atoms with Gasteiger partial charge >= 0.3 is 174 Å². The van der Waals surface area contributed by atoms with Crippen molar-refractivity contribution >= 4 is 63.6 Å². The monoisotopic (exact) mass is 498 g/mol. The van der Waals surface area contributed by atoms with Crippen LogP contribution < -0.4 is 4.35 Å². The summed E-state index contributed by atoms with van der Waals surface area (Å²) in [6.45, 7) is 0. The number of fused-ring (bicyclic) bond motifs is 1. The van der Waals surface area contributed by atoms with Crippen LogP contribution in [-0.2, 0) is 20.2 Å². The van der Waals surface area contributed by atoms with Gasteiger partial charge in [-0.1, -0.05) is 0 Å². The second-order valence-electron chi connectivity index (χ2n) is 5.75. The van der Waals surface area contributed by atoms with Gasteiger partial charge in [-0.3, -0.25) is 0 Å². The zero-order valence-corrected chi connectivity index (χ0v) is 17.6. The first kappa shape index (κ1) is 21.2. The third kappa shape index (κ3) is 4.26. The topological polar surface area (TPSA) is 174 Å². The number of phenolic OH excluding ortho intramolecular Hbond substituents is 2. The van der Waals surface area contributed by atoms with Gasteiger partial charge in [-0.15, -0.1) is 0 Å². The SMILES string of the molecule is O=S(=O)(O)c1cc(O)c2c(O)c(N=Nc3ccccc3[As])c(S(=O)(=O)O)cc2c1. The second-order valence-corrected chi connectivity index (χ2v) is 9.57. The Hall–Kier alpha value is -2.50. The molecule has 0 aliphatic carbocycles. The Labute approximate surface area is 173 Å². The van der Waals surface area contributed by atoms with Gasteiger partial charge < -0.3 is 0 Å². The van der Waals surface area contributed by atoms with Gasteiger partial charge in [0.15, 0.2) is 0 Å². The molecule has 3 rings (SSSR count). The van der Waals surface area contributed by atoms with Crippen molar-refractivity contribution in [3.8, 4) is 11.5 Å². The molecule has 0 saturated heterocycles. The third-order valence-corrected chi connectivity index (χ3v) is 6.31. The van der Waals surface area contributed by atoms with Crippen LogP contribution in [-0.4, -0.2) is 53.0 Å². The first-order chi connectivity index (χ1) is 13.4. The average molecular weight is 498 g/mol. The standard InChI is InChI=1S/C16H11AsN2O8S2/c17-10-3-1-2-4-11(10)18-19-15-13(29(25,26)27)6-8-5-9(28(22,23)24)7-12(20)14(8)16(15)21/h1-7,20-21H,(H,22,23,24)(H,25,26,27). The van der Waals surface area contributed by atoms with Crippen molar-refractivity contribution in [1.82, 2.24) is 0 Å². The summed E-state index contributed by atoms with van der Waals surface area (Å²) in [5.74, 6) is -1.63. The molecule has 0 unspecified atom stereocenters. The number of phenols is 2. The summed E-state index contributed by atoms with van der Waals surface area (Å²) in [5.41, 5.74) is -0.329. The van der Waals surface area contributed by atoms with Crippen LogP contribution in [0, 0.1) is 0 Å². The molecule has 0 bridgehead atoms. The van der Waals surface area contributed by atoms with E-state index in [1.807, 2.05) is 0 Å². The van der Waals surface area contributed by atoms with Gasteiger partial charge in [0.05, 0.1) is 0 Å². The van der Waals surface area contributed by atoms with Gasteiger partial charge in [0.2, 0.25) is 0 Å². The summed E-state index contributed by atoms with van der Waals surface area (Å²) in [5, 5.41) is 27.6. The molecule has 0 aliphatic rings. The van der Waals surface area contributed by atoms with Crippen LogP contribution in [0.1, 0.15) is 0 Å². The van der Waals surface area contributed by atoms with E-state index < -0.39 is 47.2 Å². The first-order valence-corrected chi connectivity index (χ1v) is 11.4. The van der Waals surface area contributed by atoms with Crippen molar-refractivity contribution < 1.29 is 36.2 Å². The molecule has 3 aromatic carbocycles. The molecular formula is C16H11AsN2O8S2. The van der Waals surface area contributed by atoms with E-state index in [1.165, 1.54) is 0 Å². The molecule has 0 saturated carbocycles. The molecule has 0 aromatic heterocycles. The molecule has 0 amide bonds.